The van der Waals surface area contributed by atoms with E-state index in [1.165, 1.54) is 6.07 Å². The van der Waals surface area contributed by atoms with Crippen molar-refractivity contribution in [2.24, 2.45) is 0 Å². The van der Waals surface area contributed by atoms with E-state index in [0.29, 0.717) is 23.2 Å². The number of carboxylic acids is 1. The zero-order valence-corrected chi connectivity index (χ0v) is 10.6. The first kappa shape index (κ1) is 12.3. The summed E-state index contributed by atoms with van der Waals surface area (Å²) in [4.78, 5) is 10.8. The highest BCUT2D eigenvalue weighted by Crippen LogP contribution is 2.25. The predicted octanol–water partition coefficient (Wildman–Crippen LogP) is 1.82. The Morgan fingerprint density at radius 1 is 1.59 bits per heavy atom. The van der Waals surface area contributed by atoms with E-state index in [0.717, 1.165) is 0 Å². The molecule has 17 heavy (non-hydrogen) atoms. The first-order valence-electron chi connectivity index (χ1n) is 5.17. The van der Waals surface area contributed by atoms with Gasteiger partial charge in [0.05, 0.1) is 16.4 Å². The van der Waals surface area contributed by atoms with Gasteiger partial charge < -0.3 is 15.7 Å². The molecule has 1 heterocycles. The number of halogens is 2. The van der Waals surface area contributed by atoms with Crippen LogP contribution in [-0.2, 0) is 4.79 Å². The number of hydrogen-bond acceptors (Lipinski definition) is 3. The van der Waals surface area contributed by atoms with E-state index in [4.69, 9.17) is 5.11 Å². The van der Waals surface area contributed by atoms with Crippen LogP contribution in [0.5, 0.6) is 0 Å². The van der Waals surface area contributed by atoms with Crippen molar-refractivity contribution in [3.63, 3.8) is 0 Å². The molecular formula is C11H12BrFN2O2. The summed E-state index contributed by atoms with van der Waals surface area (Å²) in [5.74, 6) is -1.23. The Morgan fingerprint density at radius 3 is 2.76 bits per heavy atom. The van der Waals surface area contributed by atoms with Crippen LogP contribution in [0, 0.1) is 5.82 Å². The Morgan fingerprint density at radius 2 is 2.29 bits per heavy atom. The third-order valence-electron chi connectivity index (χ3n) is 2.75. The van der Waals surface area contributed by atoms with Crippen molar-refractivity contribution in [3.8, 4) is 0 Å². The lowest BCUT2D eigenvalue weighted by molar-refractivity contribution is -0.138. The largest absolute Gasteiger partial charge is 0.481 e. The number of anilines is 1. The summed E-state index contributed by atoms with van der Waals surface area (Å²) in [6, 6.07) is 4.67. The number of carboxylic acid groups (broad SMARTS) is 1. The molecule has 4 nitrogen and oxygen atoms in total. The van der Waals surface area contributed by atoms with E-state index in [1.807, 2.05) is 0 Å². The van der Waals surface area contributed by atoms with Gasteiger partial charge in [-0.1, -0.05) is 0 Å². The van der Waals surface area contributed by atoms with Crippen molar-refractivity contribution >= 4 is 27.6 Å². The summed E-state index contributed by atoms with van der Waals surface area (Å²) in [5, 5.41) is 15.0. The van der Waals surface area contributed by atoms with Gasteiger partial charge in [-0.2, -0.15) is 0 Å². The fourth-order valence-electron chi connectivity index (χ4n) is 1.85. The molecule has 2 rings (SSSR count). The van der Waals surface area contributed by atoms with Crippen LogP contribution in [0.3, 0.4) is 0 Å². The second kappa shape index (κ2) is 4.62. The van der Waals surface area contributed by atoms with Crippen molar-refractivity contribution in [1.82, 2.24) is 5.32 Å². The van der Waals surface area contributed by atoms with Gasteiger partial charge in [0.1, 0.15) is 5.82 Å². The third-order valence-corrected chi connectivity index (χ3v) is 3.39. The summed E-state index contributed by atoms with van der Waals surface area (Å²) >= 11 is 3.07. The Bertz CT molecular complexity index is 449. The van der Waals surface area contributed by atoms with Crippen LogP contribution in [0.25, 0.3) is 0 Å². The average molecular weight is 303 g/mol. The lowest BCUT2D eigenvalue weighted by Crippen LogP contribution is -2.65. The maximum Gasteiger partial charge on any atom is 0.305 e. The summed E-state index contributed by atoms with van der Waals surface area (Å²) in [6.07, 6.45) is 0.0116. The molecule has 0 saturated carbocycles. The molecule has 92 valence electrons. The SMILES string of the molecule is O=C(O)CC1(Nc2ccc(Br)c(F)c2)CNC1. The molecule has 0 amide bonds. The van der Waals surface area contributed by atoms with Crippen LogP contribution >= 0.6 is 15.9 Å². The van der Waals surface area contributed by atoms with Gasteiger partial charge in [-0.15, -0.1) is 0 Å². The fourth-order valence-corrected chi connectivity index (χ4v) is 2.10. The van der Waals surface area contributed by atoms with Crippen LogP contribution in [0.1, 0.15) is 6.42 Å². The minimum absolute atomic E-state index is 0.0116. The molecule has 1 aromatic rings. The molecule has 1 fully saturated rings. The molecule has 3 N–H and O–H groups in total. The Balaban J connectivity index is 2.13. The summed E-state index contributed by atoms with van der Waals surface area (Å²) < 4.78 is 13.7. The molecule has 0 radical (unpaired) electrons. The van der Waals surface area contributed by atoms with Gasteiger partial charge in [-0.25, -0.2) is 4.39 Å². The van der Waals surface area contributed by atoms with Gasteiger partial charge in [-0.05, 0) is 34.1 Å². The number of benzene rings is 1. The molecular weight excluding hydrogens is 291 g/mol. The van der Waals surface area contributed by atoms with E-state index >= 15 is 0 Å². The molecule has 0 aromatic heterocycles. The lowest BCUT2D eigenvalue weighted by Gasteiger charge is -2.43. The second-order valence-electron chi connectivity index (χ2n) is 4.21. The number of carbonyl (C=O) groups is 1. The van der Waals surface area contributed by atoms with Gasteiger partial charge >= 0.3 is 5.97 Å². The predicted molar refractivity (Wildman–Crippen MR) is 65.6 cm³/mol. The van der Waals surface area contributed by atoms with Crippen LogP contribution in [-0.4, -0.2) is 29.7 Å². The average Bonchev–Trinajstić information content (AvgIpc) is 2.19. The zero-order chi connectivity index (χ0) is 12.5. The summed E-state index contributed by atoms with van der Waals surface area (Å²) in [6.45, 7) is 1.13. The van der Waals surface area contributed by atoms with E-state index in [1.54, 1.807) is 12.1 Å². The van der Waals surface area contributed by atoms with E-state index in [2.05, 4.69) is 26.6 Å². The van der Waals surface area contributed by atoms with Gasteiger partial charge in [0.2, 0.25) is 0 Å². The highest BCUT2D eigenvalue weighted by molar-refractivity contribution is 9.10. The molecule has 1 aliphatic rings. The summed E-state index contributed by atoms with van der Waals surface area (Å²) in [5.41, 5.74) is 0.0833. The fraction of sp³-hybridized carbons (Fsp3) is 0.364. The highest BCUT2D eigenvalue weighted by Gasteiger charge is 2.39. The zero-order valence-electron chi connectivity index (χ0n) is 8.96. The van der Waals surface area contributed by atoms with Gasteiger partial charge in [0, 0.05) is 18.8 Å². The molecule has 0 aliphatic carbocycles. The van der Waals surface area contributed by atoms with Crippen LogP contribution in [0.15, 0.2) is 22.7 Å². The summed E-state index contributed by atoms with van der Waals surface area (Å²) in [7, 11) is 0. The molecule has 1 saturated heterocycles. The molecule has 1 aromatic carbocycles. The molecule has 0 atom stereocenters. The maximum absolute atomic E-state index is 13.3. The Hall–Kier alpha value is -1.14. The van der Waals surface area contributed by atoms with Crippen LogP contribution in [0.4, 0.5) is 10.1 Å². The molecule has 0 bridgehead atoms. The first-order chi connectivity index (χ1) is 8.01. The van der Waals surface area contributed by atoms with Gasteiger partial charge in [0.25, 0.3) is 0 Å². The van der Waals surface area contributed by atoms with Gasteiger partial charge in [0.15, 0.2) is 0 Å². The van der Waals surface area contributed by atoms with Gasteiger partial charge in [-0.3, -0.25) is 4.79 Å². The maximum atomic E-state index is 13.3. The van der Waals surface area contributed by atoms with E-state index in [-0.39, 0.29) is 12.2 Å². The van der Waals surface area contributed by atoms with E-state index in [9.17, 15) is 9.18 Å². The van der Waals surface area contributed by atoms with E-state index < -0.39 is 11.5 Å². The minimum Gasteiger partial charge on any atom is -0.481 e. The number of rotatable bonds is 4. The highest BCUT2D eigenvalue weighted by atomic mass is 79.9. The normalized spacial score (nSPS) is 17.3. The standard InChI is InChI=1S/C11H12BrFN2O2/c12-8-2-1-7(3-9(8)13)15-11(4-10(16)17)5-14-6-11/h1-3,14-15H,4-6H2,(H,16,17). The third kappa shape index (κ3) is 2.76. The minimum atomic E-state index is -0.864. The van der Waals surface area contributed by atoms with Crippen molar-refractivity contribution in [2.45, 2.75) is 12.0 Å². The number of nitrogens with one attached hydrogen (secondary N) is 2. The molecule has 0 spiro atoms. The van der Waals surface area contributed by atoms with Crippen molar-refractivity contribution in [1.29, 1.82) is 0 Å². The quantitative estimate of drug-likeness (QED) is 0.794. The van der Waals surface area contributed by atoms with Crippen LogP contribution in [0.2, 0.25) is 0 Å². The van der Waals surface area contributed by atoms with Crippen molar-refractivity contribution in [3.05, 3.63) is 28.5 Å². The Kier molecular flexibility index (Phi) is 3.35. The molecule has 6 heteroatoms. The molecule has 1 aliphatic heterocycles. The first-order valence-corrected chi connectivity index (χ1v) is 5.96. The monoisotopic (exact) mass is 302 g/mol. The smallest absolute Gasteiger partial charge is 0.305 e. The Labute approximate surface area is 106 Å². The van der Waals surface area contributed by atoms with Crippen LogP contribution < -0.4 is 10.6 Å². The molecule has 0 unspecified atom stereocenters. The number of hydrogen-bond donors (Lipinski definition) is 3. The number of aliphatic carboxylic acids is 1. The second-order valence-corrected chi connectivity index (χ2v) is 5.06. The van der Waals surface area contributed by atoms with Crippen molar-refractivity contribution in [2.75, 3.05) is 18.4 Å². The lowest BCUT2D eigenvalue weighted by atomic mass is 9.88. The topological polar surface area (TPSA) is 61.4 Å². The van der Waals surface area contributed by atoms with Crippen molar-refractivity contribution < 1.29 is 14.3 Å².